The number of hydrogen-bond acceptors (Lipinski definition) is 13. The maximum atomic E-state index is 12.9. The van der Waals surface area contributed by atoms with Crippen LogP contribution in [-0.2, 0) is 19.6 Å². The summed E-state index contributed by atoms with van der Waals surface area (Å²) in [6, 6.07) is 28.5. The standard InChI is InChI=1S/C22H23F2N5O2S.C12H11F2NO.C11H9F2NO2.C11H16N4OS.C10H9NO.C2H2F3I.2CH4/c23-19(24)14-28-5-3-15-11-16(1-2-18(15)28)21(30)29-12-17(13-29)26-6-8-27(9-7-26)22(31)20-25-4-10-32-20;1-8(16)9-2-3-11-10(6-9)4-5-15(11)7-12(13)14;12-10(13)6-14-4-3-7-5-8(11(15)16)1-2-9(7)14;16-11(10-13-1-6-17-10)15-4-2-14(3-5-15)9-7-12-8-9;1-7(12)8-2-3-10-9(6-8)4-5-11-10;3-2(4,5)1-6;;/h1-5,10-11,17,19H,6-9,12-14H2;2-6,12H,7H2,1H3;1-5,10H,6H2,(H,15,16);1,6,9,12H,2-5,7-8H2;2-6,11H,1H3;1H2;2*1H4. The first kappa shape index (κ1) is 79.8. The van der Waals surface area contributed by atoms with Crippen molar-refractivity contribution < 1.29 is 73.4 Å². The normalized spacial score (nSPS) is 14.9. The van der Waals surface area contributed by atoms with Crippen LogP contribution in [0.25, 0.3) is 43.6 Å². The first-order valence-corrected chi connectivity index (χ1v) is 34.5. The number of aromatic amines is 1. The number of carbonyl (C=O) groups is 6. The third kappa shape index (κ3) is 21.8. The number of hydrogen-bond donors (Lipinski definition) is 3. The summed E-state index contributed by atoms with van der Waals surface area (Å²) in [5.41, 5.74) is 5.21. The number of carboxylic acids is 1. The average molecular weight is 1560 g/mol. The molecule has 0 saturated carbocycles. The van der Waals surface area contributed by atoms with Gasteiger partial charge in [0.15, 0.2) is 21.6 Å². The number of carbonyl (C=O) groups excluding carboxylic acids is 5. The molecule has 0 radical (unpaired) electrons. The number of carboxylic acid groups (broad SMARTS) is 1. The van der Waals surface area contributed by atoms with Gasteiger partial charge in [-0.1, -0.05) is 37.4 Å². The first-order chi connectivity index (χ1) is 47.3. The van der Waals surface area contributed by atoms with Gasteiger partial charge in [0.1, 0.15) is 0 Å². The number of alkyl halides is 10. The molecule has 6 aromatic heterocycles. The lowest BCUT2D eigenvalue weighted by Crippen LogP contribution is -2.64. The molecular weight excluding hydrogens is 1480 g/mol. The fraction of sp³-hybridized carbons (Fsp3) is 0.371. The van der Waals surface area contributed by atoms with E-state index in [9.17, 15) is 68.3 Å². The average Bonchev–Trinajstić information content (AvgIpc) is 1.78. The number of benzene rings is 4. The number of Topliss-reactive ketones (excluding diaryl/α,β-unsaturated/α-hetero) is 2. The number of aromatic nitrogens is 6. The molecule has 19 nitrogen and oxygen atoms in total. The number of aromatic carboxylic acids is 1. The highest BCUT2D eigenvalue weighted by Crippen LogP contribution is 2.26. The van der Waals surface area contributed by atoms with E-state index in [1.54, 1.807) is 97.8 Å². The lowest BCUT2D eigenvalue weighted by Gasteiger charge is -2.48. The summed E-state index contributed by atoms with van der Waals surface area (Å²) in [7, 11) is 0. The van der Waals surface area contributed by atoms with Gasteiger partial charge in [0.2, 0.25) is 0 Å². The van der Waals surface area contributed by atoms with Gasteiger partial charge in [0.05, 0.1) is 29.6 Å². The molecule has 3 N–H and O–H groups in total. The third-order valence-corrected chi connectivity index (χ3v) is 19.1. The Balaban J connectivity index is 0.000000180. The number of fused-ring (bicyclic) bond motifs is 4. The Morgan fingerprint density at radius 1 is 0.525 bits per heavy atom. The van der Waals surface area contributed by atoms with E-state index in [2.05, 4.69) is 30.1 Å². The second kappa shape index (κ2) is 36.9. The van der Waals surface area contributed by atoms with Crippen molar-refractivity contribution >= 4 is 124 Å². The fourth-order valence-electron chi connectivity index (χ4n) is 11.4. The monoisotopic (exact) mass is 1560 g/mol. The number of likely N-dealkylation sites (tertiary alicyclic amines) is 1. The Labute approximate surface area is 598 Å². The summed E-state index contributed by atoms with van der Waals surface area (Å²) in [5.74, 6) is -0.901. The minimum atomic E-state index is -3.97. The summed E-state index contributed by atoms with van der Waals surface area (Å²) in [6.07, 6.45) is -1.21. The molecule has 31 heteroatoms. The summed E-state index contributed by atoms with van der Waals surface area (Å²) < 4.78 is 110. The molecule has 10 heterocycles. The molecule has 542 valence electrons. The fourth-order valence-corrected chi connectivity index (χ4v) is 12.6. The van der Waals surface area contributed by atoms with Crippen molar-refractivity contribution in [2.45, 2.75) is 85.9 Å². The Kier molecular flexibility index (Phi) is 29.2. The summed E-state index contributed by atoms with van der Waals surface area (Å²) in [4.78, 5) is 91.9. The van der Waals surface area contributed by atoms with Crippen LogP contribution in [0.5, 0.6) is 0 Å². The number of thiazole rings is 2. The molecule has 101 heavy (non-hydrogen) atoms. The van der Waals surface area contributed by atoms with Crippen LogP contribution in [-0.4, -0.2) is 214 Å². The number of halogens is 10. The van der Waals surface area contributed by atoms with Gasteiger partial charge in [0.25, 0.3) is 37.0 Å². The topological polar surface area (TPSA) is 207 Å². The minimum Gasteiger partial charge on any atom is -0.478 e. The van der Waals surface area contributed by atoms with Crippen molar-refractivity contribution in [3.8, 4) is 0 Å². The highest BCUT2D eigenvalue weighted by atomic mass is 127. The molecule has 4 saturated heterocycles. The molecule has 4 aliphatic heterocycles. The smallest absolute Gasteiger partial charge is 0.397 e. The van der Waals surface area contributed by atoms with Crippen molar-refractivity contribution in [2.24, 2.45) is 0 Å². The quantitative estimate of drug-likeness (QED) is 0.0402. The van der Waals surface area contributed by atoms with Crippen LogP contribution in [0.2, 0.25) is 0 Å². The summed E-state index contributed by atoms with van der Waals surface area (Å²) >= 11 is 4.05. The van der Waals surface area contributed by atoms with Crippen molar-refractivity contribution in [2.75, 3.05) is 83.0 Å². The van der Waals surface area contributed by atoms with E-state index in [0.29, 0.717) is 75.8 Å². The Bertz CT molecular complexity index is 4250. The van der Waals surface area contributed by atoms with Crippen molar-refractivity contribution in [3.63, 3.8) is 0 Å². The predicted octanol–water partition coefficient (Wildman–Crippen LogP) is 13.9. The Hall–Kier alpha value is -8.50. The number of ketones is 2. The Morgan fingerprint density at radius 2 is 0.911 bits per heavy atom. The van der Waals surface area contributed by atoms with Crippen LogP contribution >= 0.6 is 45.3 Å². The SMILES string of the molecule is C.C.CC(=O)c1ccc2[nH]ccc2c1.CC(=O)c1ccc2c(ccn2CC(F)F)c1.FC(F)(F)CI.O=C(O)c1ccc2c(ccn2CC(F)F)c1.O=C(c1ccc2c(ccn2CC(F)F)c1)N1CC(N2CCN(C(=O)c3nccs3)CC2)C1.O=C(c1nccs1)N1CCN(C2CNC2)CC1. The van der Waals surface area contributed by atoms with E-state index in [4.69, 9.17) is 5.11 Å². The largest absolute Gasteiger partial charge is 0.478 e. The molecule has 0 bridgehead atoms. The van der Waals surface area contributed by atoms with Crippen LogP contribution in [0.4, 0.5) is 39.5 Å². The van der Waals surface area contributed by atoms with E-state index in [-0.39, 0.29) is 69.3 Å². The molecule has 10 aromatic rings. The van der Waals surface area contributed by atoms with Crippen LogP contribution in [0, 0.1) is 0 Å². The number of H-pyrrole nitrogens is 1. The third-order valence-electron chi connectivity index (χ3n) is 16.7. The molecule has 0 atom stereocenters. The maximum absolute atomic E-state index is 12.9. The number of nitrogens with one attached hydrogen (secondary N) is 2. The minimum absolute atomic E-state index is 0. The van der Waals surface area contributed by atoms with Crippen LogP contribution < -0.4 is 5.32 Å². The zero-order valence-corrected chi connectivity index (χ0v) is 57.3. The summed E-state index contributed by atoms with van der Waals surface area (Å²) in [6.45, 7) is 12.0. The molecular formula is C70H78F9IN12O7S2. The second-order valence-corrected chi connectivity index (χ2v) is 25.9. The van der Waals surface area contributed by atoms with E-state index in [1.807, 2.05) is 50.5 Å². The van der Waals surface area contributed by atoms with Crippen molar-refractivity contribution in [3.05, 3.63) is 177 Å². The molecule has 0 spiro atoms. The van der Waals surface area contributed by atoms with Crippen molar-refractivity contribution in [1.29, 1.82) is 0 Å². The van der Waals surface area contributed by atoms with Gasteiger partial charge in [-0.3, -0.25) is 33.8 Å². The molecule has 3 amide bonds. The summed E-state index contributed by atoms with van der Waals surface area (Å²) in [5, 5.41) is 20.2. The van der Waals surface area contributed by atoms with Gasteiger partial charge in [-0.05, 0) is 111 Å². The number of rotatable bonds is 14. The molecule has 4 aromatic carbocycles. The van der Waals surface area contributed by atoms with Crippen LogP contribution in [0.1, 0.15) is 89.7 Å². The molecule has 4 fully saturated rings. The van der Waals surface area contributed by atoms with E-state index >= 15 is 0 Å². The zero-order valence-electron chi connectivity index (χ0n) is 53.5. The highest BCUT2D eigenvalue weighted by molar-refractivity contribution is 14.1. The van der Waals surface area contributed by atoms with Gasteiger partial charge in [-0.15, -0.1) is 22.7 Å². The van der Waals surface area contributed by atoms with Crippen molar-refractivity contribution in [1.82, 2.24) is 58.5 Å². The van der Waals surface area contributed by atoms with Gasteiger partial charge in [0, 0.05) is 199 Å². The lowest BCUT2D eigenvalue weighted by atomic mass is 10.0. The highest BCUT2D eigenvalue weighted by Gasteiger charge is 2.38. The molecule has 4 aliphatic rings. The molecule has 14 rings (SSSR count). The van der Waals surface area contributed by atoms with E-state index < -0.39 is 35.8 Å². The first-order valence-electron chi connectivity index (χ1n) is 31.2. The Morgan fingerprint density at radius 3 is 1.29 bits per heavy atom. The maximum Gasteiger partial charge on any atom is 0.397 e. The van der Waals surface area contributed by atoms with Gasteiger partial charge in [-0.2, -0.15) is 13.2 Å². The van der Waals surface area contributed by atoms with Gasteiger partial charge in [-0.25, -0.2) is 41.1 Å². The van der Waals surface area contributed by atoms with Gasteiger partial charge >= 0.3 is 12.1 Å². The van der Waals surface area contributed by atoms with Crippen LogP contribution in [0.3, 0.4) is 0 Å². The molecule has 0 unspecified atom stereocenters. The zero-order chi connectivity index (χ0) is 71.1. The van der Waals surface area contributed by atoms with Crippen LogP contribution in [0.15, 0.2) is 145 Å². The second-order valence-electron chi connectivity index (χ2n) is 23.4. The number of piperazine rings is 2. The van der Waals surface area contributed by atoms with E-state index in [1.165, 1.54) is 84.2 Å². The number of nitrogens with zero attached hydrogens (tertiary/aromatic N) is 10. The van der Waals surface area contributed by atoms with Gasteiger partial charge < -0.3 is 43.8 Å². The number of amides is 3. The molecule has 0 aliphatic carbocycles. The lowest BCUT2D eigenvalue weighted by molar-refractivity contribution is -0.102. The van der Waals surface area contributed by atoms with E-state index in [0.717, 1.165) is 85.1 Å². The predicted molar refractivity (Wildman–Crippen MR) is 383 cm³/mol.